The molecule has 1 unspecified atom stereocenters. The quantitative estimate of drug-likeness (QED) is 0.842. The molecular formula is C19H27NO3. The second-order valence-electron chi connectivity index (χ2n) is 7.44. The number of carbonyl (C=O) groups is 2. The molecule has 0 saturated carbocycles. The maximum absolute atomic E-state index is 12.2. The molecule has 1 amide bonds. The molecule has 0 aromatic heterocycles. The molecule has 0 spiro atoms. The first kappa shape index (κ1) is 17.5. The summed E-state index contributed by atoms with van der Waals surface area (Å²) < 4.78 is 0. The van der Waals surface area contributed by atoms with Crippen molar-refractivity contribution in [3.8, 4) is 0 Å². The summed E-state index contributed by atoms with van der Waals surface area (Å²) in [5.74, 6) is -0.966. The normalized spacial score (nSPS) is 15.6. The second kappa shape index (κ2) is 7.16. The molecule has 0 bridgehead atoms. The van der Waals surface area contributed by atoms with Crippen LogP contribution in [0.15, 0.2) is 18.2 Å². The average molecular weight is 317 g/mol. The van der Waals surface area contributed by atoms with E-state index < -0.39 is 11.4 Å². The average Bonchev–Trinajstić information content (AvgIpc) is 2.44. The van der Waals surface area contributed by atoms with Gasteiger partial charge in [-0.2, -0.15) is 0 Å². The summed E-state index contributed by atoms with van der Waals surface area (Å²) in [6, 6.07) is 6.43. The molecule has 0 fully saturated rings. The topological polar surface area (TPSA) is 66.4 Å². The molecule has 1 aromatic carbocycles. The molecule has 2 N–H and O–H groups in total. The molecule has 0 saturated heterocycles. The largest absolute Gasteiger partial charge is 0.481 e. The van der Waals surface area contributed by atoms with Gasteiger partial charge >= 0.3 is 5.97 Å². The maximum atomic E-state index is 12.2. The molecule has 1 atom stereocenters. The van der Waals surface area contributed by atoms with E-state index in [1.807, 2.05) is 20.8 Å². The van der Waals surface area contributed by atoms with Gasteiger partial charge in [0.15, 0.2) is 0 Å². The minimum atomic E-state index is -0.870. The highest BCUT2D eigenvalue weighted by atomic mass is 16.4. The monoisotopic (exact) mass is 317 g/mol. The number of amides is 1. The van der Waals surface area contributed by atoms with Gasteiger partial charge in [-0.15, -0.1) is 0 Å². The number of aryl methyl sites for hydroxylation is 2. The number of benzene rings is 1. The van der Waals surface area contributed by atoms with Crippen LogP contribution in [0, 0.1) is 5.41 Å². The van der Waals surface area contributed by atoms with E-state index in [4.69, 9.17) is 5.11 Å². The number of nitrogens with one attached hydrogen (secondary N) is 1. The summed E-state index contributed by atoms with van der Waals surface area (Å²) in [6.07, 6.45) is 4.98. The van der Waals surface area contributed by atoms with Crippen molar-refractivity contribution >= 4 is 11.9 Å². The summed E-state index contributed by atoms with van der Waals surface area (Å²) in [7, 11) is 0. The number of hydrogen-bond acceptors (Lipinski definition) is 2. The Morgan fingerprint density at radius 1 is 1.17 bits per heavy atom. The lowest BCUT2D eigenvalue weighted by Gasteiger charge is -2.24. The van der Waals surface area contributed by atoms with E-state index >= 15 is 0 Å². The van der Waals surface area contributed by atoms with E-state index in [1.54, 1.807) is 0 Å². The fraction of sp³-hybridized carbons (Fsp3) is 0.579. The zero-order chi connectivity index (χ0) is 17.0. The number of aliphatic carboxylic acids is 1. The molecule has 0 radical (unpaired) electrons. The van der Waals surface area contributed by atoms with Crippen LogP contribution in [0.2, 0.25) is 0 Å². The van der Waals surface area contributed by atoms with Gasteiger partial charge < -0.3 is 10.4 Å². The van der Waals surface area contributed by atoms with E-state index in [-0.39, 0.29) is 24.8 Å². The van der Waals surface area contributed by atoms with Crippen molar-refractivity contribution in [2.24, 2.45) is 5.41 Å². The molecular weight excluding hydrogens is 290 g/mol. The van der Waals surface area contributed by atoms with Gasteiger partial charge in [-0.25, -0.2) is 0 Å². The van der Waals surface area contributed by atoms with E-state index in [9.17, 15) is 9.59 Å². The zero-order valence-corrected chi connectivity index (χ0v) is 14.3. The van der Waals surface area contributed by atoms with Gasteiger partial charge in [0.25, 0.3) is 0 Å². The molecule has 1 aliphatic rings. The van der Waals surface area contributed by atoms with E-state index in [2.05, 4.69) is 23.5 Å². The third kappa shape index (κ3) is 5.08. The fourth-order valence-corrected chi connectivity index (χ4v) is 3.31. The van der Waals surface area contributed by atoms with E-state index in [0.717, 1.165) is 18.4 Å². The Labute approximate surface area is 138 Å². The van der Waals surface area contributed by atoms with Crippen LogP contribution in [0.3, 0.4) is 0 Å². The molecule has 1 aromatic rings. The second-order valence-corrected chi connectivity index (χ2v) is 7.44. The summed E-state index contributed by atoms with van der Waals surface area (Å²) in [4.78, 5) is 23.1. The van der Waals surface area contributed by atoms with Crippen molar-refractivity contribution in [1.29, 1.82) is 0 Å². The van der Waals surface area contributed by atoms with Crippen LogP contribution < -0.4 is 5.32 Å². The Morgan fingerprint density at radius 2 is 1.83 bits per heavy atom. The van der Waals surface area contributed by atoms with Crippen molar-refractivity contribution in [3.63, 3.8) is 0 Å². The van der Waals surface area contributed by atoms with Gasteiger partial charge in [-0.05, 0) is 54.7 Å². The molecule has 0 aliphatic heterocycles. The highest BCUT2D eigenvalue weighted by Crippen LogP contribution is 2.27. The van der Waals surface area contributed by atoms with Crippen LogP contribution in [0.25, 0.3) is 0 Å². The number of carboxylic acids is 1. The Kier molecular flexibility index (Phi) is 5.45. The molecule has 1 aliphatic carbocycles. The van der Waals surface area contributed by atoms with Crippen LogP contribution in [0.4, 0.5) is 0 Å². The van der Waals surface area contributed by atoms with Crippen LogP contribution in [-0.4, -0.2) is 17.0 Å². The predicted octanol–water partition coefficient (Wildman–Crippen LogP) is 3.63. The van der Waals surface area contributed by atoms with Gasteiger partial charge in [0.2, 0.25) is 5.91 Å². The molecule has 0 heterocycles. The molecule has 4 nitrogen and oxygen atoms in total. The lowest BCUT2D eigenvalue weighted by atomic mass is 9.85. The smallest absolute Gasteiger partial charge is 0.303 e. The Hall–Kier alpha value is -1.84. The van der Waals surface area contributed by atoms with Crippen LogP contribution in [0.5, 0.6) is 0 Å². The van der Waals surface area contributed by atoms with Crippen molar-refractivity contribution in [2.75, 3.05) is 0 Å². The molecule has 23 heavy (non-hydrogen) atoms. The number of carbonyl (C=O) groups excluding carboxylic acids is 1. The fourth-order valence-electron chi connectivity index (χ4n) is 3.31. The summed E-state index contributed by atoms with van der Waals surface area (Å²) in [6.45, 7) is 5.60. The lowest BCUT2D eigenvalue weighted by Crippen LogP contribution is -2.32. The summed E-state index contributed by atoms with van der Waals surface area (Å²) >= 11 is 0. The number of hydrogen-bond donors (Lipinski definition) is 2. The summed E-state index contributed by atoms with van der Waals surface area (Å²) in [5.41, 5.74) is 3.42. The first-order valence-corrected chi connectivity index (χ1v) is 8.40. The van der Waals surface area contributed by atoms with Crippen LogP contribution >= 0.6 is 0 Å². The Balaban J connectivity index is 1.97. The Morgan fingerprint density at radius 3 is 2.48 bits per heavy atom. The number of rotatable bonds is 6. The van der Waals surface area contributed by atoms with E-state index in [1.165, 1.54) is 24.0 Å². The van der Waals surface area contributed by atoms with Gasteiger partial charge in [0, 0.05) is 6.42 Å². The van der Waals surface area contributed by atoms with Gasteiger partial charge in [-0.3, -0.25) is 9.59 Å². The van der Waals surface area contributed by atoms with E-state index in [0.29, 0.717) is 0 Å². The third-order valence-corrected chi connectivity index (χ3v) is 4.52. The molecule has 4 heteroatoms. The highest BCUT2D eigenvalue weighted by molar-refractivity contribution is 5.78. The van der Waals surface area contributed by atoms with Crippen molar-refractivity contribution in [1.82, 2.24) is 5.32 Å². The minimum absolute atomic E-state index is 0.00630. The standard InChI is InChI=1S/C19H27NO3/c1-13(20-17(21)11-19(2,3)12-18(22)23)15-9-8-14-6-4-5-7-16(14)10-15/h8-10,13H,4-7,11-12H2,1-3H3,(H,20,21)(H,22,23). The van der Waals surface area contributed by atoms with Crippen LogP contribution in [-0.2, 0) is 22.4 Å². The SMILES string of the molecule is CC(NC(=O)CC(C)(C)CC(=O)O)c1ccc2c(c1)CCCC2. The first-order valence-electron chi connectivity index (χ1n) is 8.40. The highest BCUT2D eigenvalue weighted by Gasteiger charge is 2.26. The maximum Gasteiger partial charge on any atom is 0.303 e. The van der Waals surface area contributed by atoms with Crippen LogP contribution in [0.1, 0.15) is 69.2 Å². The van der Waals surface area contributed by atoms with Crippen molar-refractivity contribution in [2.45, 2.75) is 65.3 Å². The zero-order valence-electron chi connectivity index (χ0n) is 14.3. The first-order chi connectivity index (χ1) is 10.8. The van der Waals surface area contributed by atoms with Crippen molar-refractivity contribution < 1.29 is 14.7 Å². The van der Waals surface area contributed by atoms with Gasteiger partial charge in [-0.1, -0.05) is 32.0 Å². The lowest BCUT2D eigenvalue weighted by molar-refractivity contribution is -0.139. The molecule has 2 rings (SSSR count). The predicted molar refractivity (Wildman–Crippen MR) is 90.3 cm³/mol. The van der Waals surface area contributed by atoms with Crippen molar-refractivity contribution in [3.05, 3.63) is 34.9 Å². The number of carboxylic acid groups (broad SMARTS) is 1. The van der Waals surface area contributed by atoms with Gasteiger partial charge in [0.1, 0.15) is 0 Å². The van der Waals surface area contributed by atoms with Gasteiger partial charge in [0.05, 0.1) is 12.5 Å². The summed E-state index contributed by atoms with van der Waals surface area (Å²) in [5, 5.41) is 11.9. The third-order valence-electron chi connectivity index (χ3n) is 4.52. The molecule has 126 valence electrons. The Bertz CT molecular complexity index is 592. The number of fused-ring (bicyclic) bond motifs is 1. The minimum Gasteiger partial charge on any atom is -0.481 e.